The van der Waals surface area contributed by atoms with Crippen LogP contribution in [0.5, 0.6) is 0 Å². The number of rotatable bonds is 6. The van der Waals surface area contributed by atoms with Gasteiger partial charge >= 0.3 is 31.0 Å². The summed E-state index contributed by atoms with van der Waals surface area (Å²) in [5, 5.41) is 63.7. The minimum Gasteiger partial charge on any atom is -0.418 e. The van der Waals surface area contributed by atoms with Gasteiger partial charge in [-0.05, 0) is 146 Å². The fourth-order valence-corrected chi connectivity index (χ4v) is 2.43. The normalized spacial score (nSPS) is 10.5. The molecule has 0 aliphatic heterocycles. The van der Waals surface area contributed by atoms with Gasteiger partial charge in [0.15, 0.2) is 0 Å². The SMILES string of the molecule is CC(C)n1cnnn1.CC(C)n1cnnn1.CC(C)n1cnnn1.CC(C)n1cnnn1.CC(C)n1cnnn1.CC(C)n1cnnn1.F[B-](F)(F)F.F[B-](F)(F)F.[Ni+2]. The van der Waals surface area contributed by atoms with Crippen molar-refractivity contribution in [3.05, 3.63) is 38.0 Å². The molecule has 0 unspecified atom stereocenters. The van der Waals surface area contributed by atoms with Gasteiger partial charge < -0.3 is 34.5 Å². The van der Waals surface area contributed by atoms with Crippen LogP contribution < -0.4 is 0 Å². The Hall–Kier alpha value is -5.52. The zero-order chi connectivity index (χ0) is 44.9. The number of hydrogen-bond acceptors (Lipinski definition) is 18. The van der Waals surface area contributed by atoms with Crippen molar-refractivity contribution in [2.75, 3.05) is 0 Å². The average Bonchev–Trinajstić information content (AvgIpc) is 3.98. The largest absolute Gasteiger partial charge is 2.00 e. The Balaban J connectivity index is -0.000000610. The van der Waals surface area contributed by atoms with Gasteiger partial charge in [0, 0.05) is 36.3 Å². The van der Waals surface area contributed by atoms with Crippen molar-refractivity contribution >= 4 is 14.5 Å². The Morgan fingerprint density at radius 1 is 0.288 bits per heavy atom. The van der Waals surface area contributed by atoms with E-state index in [9.17, 15) is 34.5 Å². The molecule has 0 saturated heterocycles. The van der Waals surface area contributed by atoms with Crippen molar-refractivity contribution in [3.63, 3.8) is 0 Å². The molecule has 59 heavy (non-hydrogen) atoms. The second kappa shape index (κ2) is 31.5. The summed E-state index contributed by atoms with van der Waals surface area (Å²) in [6.45, 7) is 24.3. The molecule has 0 fully saturated rings. The van der Waals surface area contributed by atoms with Crippen molar-refractivity contribution in [1.29, 1.82) is 0 Å². The fraction of sp³-hybridized carbons (Fsp3) is 0.750. The maximum Gasteiger partial charge on any atom is 2.00 e. The Morgan fingerprint density at radius 3 is 0.424 bits per heavy atom. The fourth-order valence-electron chi connectivity index (χ4n) is 2.43. The zero-order valence-electron chi connectivity index (χ0n) is 34.2. The summed E-state index contributed by atoms with van der Waals surface area (Å²) in [5.41, 5.74) is 0. The van der Waals surface area contributed by atoms with Gasteiger partial charge in [0.1, 0.15) is 38.0 Å². The van der Waals surface area contributed by atoms with Gasteiger partial charge in [-0.25, -0.2) is 28.1 Å². The summed E-state index contributed by atoms with van der Waals surface area (Å²) >= 11 is 0. The summed E-state index contributed by atoms with van der Waals surface area (Å²) < 4.78 is 88.2. The van der Waals surface area contributed by atoms with E-state index >= 15 is 0 Å². The van der Waals surface area contributed by atoms with E-state index in [0.717, 1.165) is 0 Å². The van der Waals surface area contributed by atoms with Crippen LogP contribution in [0.3, 0.4) is 0 Å². The maximum absolute atomic E-state index is 9.75. The zero-order valence-corrected chi connectivity index (χ0v) is 35.1. The van der Waals surface area contributed by atoms with Crippen molar-refractivity contribution in [3.8, 4) is 0 Å². The predicted octanol–water partition coefficient (Wildman–Crippen LogP) is 4.12. The van der Waals surface area contributed by atoms with Gasteiger partial charge in [-0.1, -0.05) is 0 Å². The van der Waals surface area contributed by atoms with Gasteiger partial charge in [0.05, 0.1) is 0 Å². The van der Waals surface area contributed by atoms with E-state index < -0.39 is 14.5 Å². The first-order valence-electron chi connectivity index (χ1n) is 16.9. The van der Waals surface area contributed by atoms with Crippen LogP contribution in [0.4, 0.5) is 34.5 Å². The van der Waals surface area contributed by atoms with E-state index in [2.05, 4.69) is 93.2 Å². The van der Waals surface area contributed by atoms with Crippen LogP contribution in [-0.4, -0.2) is 136 Å². The summed E-state index contributed by atoms with van der Waals surface area (Å²) in [6, 6.07) is 2.19. The Kier molecular flexibility index (Phi) is 30.8. The molecule has 6 aromatic rings. The maximum atomic E-state index is 9.75. The smallest absolute Gasteiger partial charge is 0.418 e. The quantitative estimate of drug-likeness (QED) is 0.168. The molecule has 24 nitrogen and oxygen atoms in total. The molecule has 0 saturated carbocycles. The van der Waals surface area contributed by atoms with Crippen LogP contribution in [0.1, 0.15) is 119 Å². The molecule has 0 atom stereocenters. The van der Waals surface area contributed by atoms with Gasteiger partial charge in [0.25, 0.3) is 0 Å². The van der Waals surface area contributed by atoms with Gasteiger partial charge in [-0.15, -0.1) is 30.6 Å². The molecule has 0 radical (unpaired) electrons. The van der Waals surface area contributed by atoms with Crippen molar-refractivity contribution in [2.24, 2.45) is 0 Å². The monoisotopic (exact) mass is 904 g/mol. The predicted molar refractivity (Wildman–Crippen MR) is 190 cm³/mol. The van der Waals surface area contributed by atoms with E-state index in [4.69, 9.17) is 0 Å². The van der Waals surface area contributed by atoms with Crippen LogP contribution in [0, 0.1) is 0 Å². The van der Waals surface area contributed by atoms with Gasteiger partial charge in [-0.3, -0.25) is 0 Å². The second-order valence-corrected chi connectivity index (χ2v) is 12.3. The third kappa shape index (κ3) is 36.6. The van der Waals surface area contributed by atoms with E-state index in [0.29, 0.717) is 36.3 Å². The van der Waals surface area contributed by atoms with Crippen molar-refractivity contribution in [2.45, 2.75) is 119 Å². The third-order valence-corrected chi connectivity index (χ3v) is 5.36. The van der Waals surface area contributed by atoms with E-state index in [1.165, 1.54) is 0 Å². The van der Waals surface area contributed by atoms with Crippen LogP contribution in [-0.2, 0) is 16.5 Å². The van der Waals surface area contributed by atoms with Crippen LogP contribution in [0.2, 0.25) is 0 Å². The first-order valence-corrected chi connectivity index (χ1v) is 16.9. The third-order valence-electron chi connectivity index (χ3n) is 5.36. The summed E-state index contributed by atoms with van der Waals surface area (Å²) in [6.07, 6.45) is 9.61. The number of aromatic nitrogens is 24. The number of hydrogen-bond donors (Lipinski definition) is 0. The van der Waals surface area contributed by atoms with Crippen LogP contribution in [0.15, 0.2) is 38.0 Å². The number of halogens is 8. The van der Waals surface area contributed by atoms with Crippen molar-refractivity contribution < 1.29 is 51.0 Å². The Labute approximate surface area is 343 Å². The molecule has 0 aromatic carbocycles. The molecule has 0 spiro atoms. The Bertz CT molecular complexity index is 1370. The molecular weight excluding hydrogens is 857 g/mol. The molecule has 0 amide bonds. The minimum absolute atomic E-state index is 0. The molecule has 6 heterocycles. The topological polar surface area (TPSA) is 262 Å². The molecule has 0 aliphatic rings. The molecule has 0 N–H and O–H groups in total. The minimum atomic E-state index is -6.00. The van der Waals surface area contributed by atoms with Gasteiger partial charge in [-0.2, -0.15) is 0 Å². The van der Waals surface area contributed by atoms with Crippen molar-refractivity contribution in [1.82, 2.24) is 121 Å². The molecular formula is C24H48B2F8N24Ni. The standard InChI is InChI=1S/6C4H8N4.2BF4.Ni/c6*1-4(2)8-3-5-6-7-8;2*2-1(3,4)5;/h6*3-4H,1-2H3;;;/q;;;;;;2*-1;+2. The molecule has 6 rings (SSSR count). The second-order valence-electron chi connectivity index (χ2n) is 12.3. The first kappa shape index (κ1) is 57.8. The molecule has 0 bridgehead atoms. The number of nitrogens with zero attached hydrogens (tertiary/aromatic N) is 24. The molecule has 35 heteroatoms. The first-order chi connectivity index (χ1) is 26.8. The van der Waals surface area contributed by atoms with Crippen LogP contribution >= 0.6 is 0 Å². The van der Waals surface area contributed by atoms with Gasteiger partial charge in [0.2, 0.25) is 0 Å². The summed E-state index contributed by atoms with van der Waals surface area (Å²) in [5.74, 6) is 0. The molecule has 6 aromatic heterocycles. The van der Waals surface area contributed by atoms with E-state index in [-0.39, 0.29) is 16.5 Å². The summed E-state index contributed by atoms with van der Waals surface area (Å²) in [7, 11) is -12.0. The van der Waals surface area contributed by atoms with E-state index in [1.807, 2.05) is 83.1 Å². The molecule has 0 aliphatic carbocycles. The Morgan fingerprint density at radius 2 is 0.390 bits per heavy atom. The number of tetrazole rings is 6. The van der Waals surface area contributed by atoms with Crippen LogP contribution in [0.25, 0.3) is 0 Å². The summed E-state index contributed by atoms with van der Waals surface area (Å²) in [4.78, 5) is 0. The molecule has 336 valence electrons. The van der Waals surface area contributed by atoms with E-state index in [1.54, 1.807) is 66.1 Å². The average molecular weight is 905 g/mol.